The van der Waals surface area contributed by atoms with E-state index in [1.807, 2.05) is 54.6 Å². The van der Waals surface area contributed by atoms with Crippen LogP contribution in [0.3, 0.4) is 0 Å². The summed E-state index contributed by atoms with van der Waals surface area (Å²) in [6.07, 6.45) is -1.38. The van der Waals surface area contributed by atoms with E-state index in [4.69, 9.17) is 9.47 Å². The predicted octanol–water partition coefficient (Wildman–Crippen LogP) is 4.35. The normalized spacial score (nSPS) is 13.3. The van der Waals surface area contributed by atoms with Crippen molar-refractivity contribution in [3.63, 3.8) is 0 Å². The molecule has 1 aliphatic rings. The van der Waals surface area contributed by atoms with Crippen molar-refractivity contribution >= 4 is 23.9 Å². The molecule has 1 aliphatic carbocycles. The number of likely N-dealkylation sites (N-methyl/N-ethyl adjacent to an activating group) is 1. The molecule has 0 spiro atoms. The van der Waals surface area contributed by atoms with Gasteiger partial charge in [0.05, 0.1) is 6.42 Å². The summed E-state index contributed by atoms with van der Waals surface area (Å²) in [5, 5.41) is 11.9. The third-order valence-corrected chi connectivity index (χ3v) is 7.00. The molecule has 0 saturated carbocycles. The molecule has 0 saturated heterocycles. The molecule has 3 aromatic rings. The minimum absolute atomic E-state index is 0.00541. The molecular weight excluding hydrogens is 512 g/mol. The first-order valence-corrected chi connectivity index (χ1v) is 13.1. The summed E-state index contributed by atoms with van der Waals surface area (Å²) in [7, 11) is 0. The Labute approximate surface area is 232 Å². The Morgan fingerprint density at radius 3 is 2.02 bits per heavy atom. The first-order valence-electron chi connectivity index (χ1n) is 13.1. The smallest absolute Gasteiger partial charge is 0.407 e. The minimum atomic E-state index is -1.37. The number of alkyl carbamates (subject to hydrolysis) is 1. The minimum Gasteiger partial charge on any atom is -0.480 e. The molecule has 208 valence electrons. The van der Waals surface area contributed by atoms with Gasteiger partial charge in [-0.25, -0.2) is 9.59 Å². The maximum atomic E-state index is 13.3. The van der Waals surface area contributed by atoms with Crippen LogP contribution < -0.4 is 5.32 Å². The maximum absolute atomic E-state index is 13.3. The van der Waals surface area contributed by atoms with E-state index in [0.29, 0.717) is 0 Å². The van der Waals surface area contributed by atoms with Crippen LogP contribution in [-0.4, -0.2) is 59.2 Å². The number of amides is 2. The number of hydrogen-bond donors (Lipinski definition) is 2. The molecule has 0 aliphatic heterocycles. The van der Waals surface area contributed by atoms with E-state index >= 15 is 0 Å². The molecule has 9 heteroatoms. The van der Waals surface area contributed by atoms with Crippen LogP contribution in [0.1, 0.15) is 42.9 Å². The highest BCUT2D eigenvalue weighted by atomic mass is 16.5. The number of ether oxygens (including phenoxy) is 2. The highest BCUT2D eigenvalue weighted by Crippen LogP contribution is 2.44. The molecule has 4 rings (SSSR count). The van der Waals surface area contributed by atoms with Crippen LogP contribution in [0.15, 0.2) is 78.9 Å². The molecule has 0 bridgehead atoms. The number of hydrogen-bond acceptors (Lipinski definition) is 6. The van der Waals surface area contributed by atoms with Gasteiger partial charge in [0.1, 0.15) is 25.3 Å². The third-order valence-electron chi connectivity index (χ3n) is 7.00. The fraction of sp³-hybridized carbons (Fsp3) is 0.290. The Kier molecular flexibility index (Phi) is 9.16. The van der Waals surface area contributed by atoms with Gasteiger partial charge >= 0.3 is 18.0 Å². The van der Waals surface area contributed by atoms with Crippen molar-refractivity contribution in [2.24, 2.45) is 0 Å². The van der Waals surface area contributed by atoms with Crippen LogP contribution in [0.4, 0.5) is 4.79 Å². The lowest BCUT2D eigenvalue weighted by Gasteiger charge is -2.29. The van der Waals surface area contributed by atoms with Crippen molar-refractivity contribution in [1.82, 2.24) is 10.2 Å². The molecule has 2 amide bonds. The van der Waals surface area contributed by atoms with Gasteiger partial charge in [0.15, 0.2) is 0 Å². The number of carbonyl (C=O) groups excluding carboxylic acids is 3. The number of benzene rings is 3. The summed E-state index contributed by atoms with van der Waals surface area (Å²) in [5.74, 6) is -2.84. The van der Waals surface area contributed by atoms with E-state index in [-0.39, 0.29) is 25.7 Å². The molecule has 0 heterocycles. The first kappa shape index (κ1) is 28.4. The first-order chi connectivity index (χ1) is 19.3. The summed E-state index contributed by atoms with van der Waals surface area (Å²) in [6, 6.07) is 22.3. The Balaban J connectivity index is 1.46. The van der Waals surface area contributed by atoms with Gasteiger partial charge < -0.3 is 24.8 Å². The molecular formula is C31H32N2O7. The highest BCUT2D eigenvalue weighted by Gasteiger charge is 2.34. The van der Waals surface area contributed by atoms with Crippen LogP contribution in [0.25, 0.3) is 11.1 Å². The third kappa shape index (κ3) is 6.48. The van der Waals surface area contributed by atoms with E-state index in [1.54, 1.807) is 31.2 Å². The topological polar surface area (TPSA) is 122 Å². The molecule has 0 radical (unpaired) electrons. The molecule has 2 atom stereocenters. The van der Waals surface area contributed by atoms with Crippen molar-refractivity contribution in [1.29, 1.82) is 0 Å². The Morgan fingerprint density at radius 1 is 0.875 bits per heavy atom. The Bertz CT molecular complexity index is 1330. The highest BCUT2D eigenvalue weighted by molar-refractivity contribution is 5.92. The molecule has 1 unspecified atom stereocenters. The number of carboxylic acid groups (broad SMARTS) is 1. The van der Waals surface area contributed by atoms with Crippen molar-refractivity contribution in [3.8, 4) is 11.1 Å². The van der Waals surface area contributed by atoms with Crippen molar-refractivity contribution in [3.05, 3.63) is 95.6 Å². The fourth-order valence-corrected chi connectivity index (χ4v) is 4.90. The average molecular weight is 545 g/mol. The van der Waals surface area contributed by atoms with E-state index in [2.05, 4.69) is 5.32 Å². The molecule has 0 fully saturated rings. The van der Waals surface area contributed by atoms with E-state index < -0.39 is 42.4 Å². The van der Waals surface area contributed by atoms with E-state index in [9.17, 15) is 24.3 Å². The number of nitrogens with one attached hydrogen (secondary N) is 1. The number of esters is 1. The fourth-order valence-electron chi connectivity index (χ4n) is 4.90. The predicted molar refractivity (Wildman–Crippen MR) is 147 cm³/mol. The number of nitrogens with zero attached hydrogens (tertiary/aromatic N) is 1. The van der Waals surface area contributed by atoms with Gasteiger partial charge in [-0.05, 0) is 41.7 Å². The summed E-state index contributed by atoms with van der Waals surface area (Å²) in [5.41, 5.74) is 4.96. The second-order valence-corrected chi connectivity index (χ2v) is 9.51. The van der Waals surface area contributed by atoms with Crippen LogP contribution >= 0.6 is 0 Å². The number of rotatable bonds is 11. The van der Waals surface area contributed by atoms with Crippen LogP contribution in [-0.2, 0) is 30.5 Å². The Hall–Kier alpha value is -4.66. The summed E-state index contributed by atoms with van der Waals surface area (Å²) < 4.78 is 10.9. The number of carboxylic acids is 1. The van der Waals surface area contributed by atoms with Crippen LogP contribution in [0, 0.1) is 0 Å². The lowest BCUT2D eigenvalue weighted by molar-refractivity contribution is -0.152. The zero-order valence-corrected chi connectivity index (χ0v) is 22.4. The lowest BCUT2D eigenvalue weighted by atomic mass is 9.98. The quantitative estimate of drug-likeness (QED) is 0.344. The van der Waals surface area contributed by atoms with Gasteiger partial charge in [0.2, 0.25) is 5.91 Å². The summed E-state index contributed by atoms with van der Waals surface area (Å²) >= 11 is 0. The second kappa shape index (κ2) is 12.9. The molecule has 2 N–H and O–H groups in total. The summed E-state index contributed by atoms with van der Waals surface area (Å²) in [6.45, 7) is 3.06. The van der Waals surface area contributed by atoms with Crippen molar-refractivity contribution in [2.45, 2.75) is 44.9 Å². The molecule has 40 heavy (non-hydrogen) atoms. The van der Waals surface area contributed by atoms with Gasteiger partial charge in [0.25, 0.3) is 0 Å². The maximum Gasteiger partial charge on any atom is 0.407 e. The Morgan fingerprint density at radius 2 is 1.45 bits per heavy atom. The number of fused-ring (bicyclic) bond motifs is 3. The van der Waals surface area contributed by atoms with Crippen molar-refractivity contribution < 1.29 is 33.8 Å². The molecule has 9 nitrogen and oxygen atoms in total. The number of aliphatic carboxylic acids is 1. The molecule has 0 aromatic heterocycles. The van der Waals surface area contributed by atoms with E-state index in [0.717, 1.165) is 32.7 Å². The zero-order chi connectivity index (χ0) is 28.6. The molecule has 3 aromatic carbocycles. The van der Waals surface area contributed by atoms with E-state index in [1.165, 1.54) is 6.92 Å². The van der Waals surface area contributed by atoms with Gasteiger partial charge in [-0.15, -0.1) is 0 Å². The largest absolute Gasteiger partial charge is 0.480 e. The second-order valence-electron chi connectivity index (χ2n) is 9.51. The monoisotopic (exact) mass is 544 g/mol. The van der Waals surface area contributed by atoms with Crippen molar-refractivity contribution in [2.75, 3.05) is 13.2 Å². The lowest BCUT2D eigenvalue weighted by Crippen LogP contribution is -2.53. The zero-order valence-electron chi connectivity index (χ0n) is 22.4. The standard InChI is InChI=1S/C31H32N2O7/c1-3-33(20(2)30(36)37)29(35)27(17-28(34)39-18-21-11-5-4-6-12-21)32-31(38)40-19-26-24-15-9-7-13-22(24)23-14-8-10-16-25(23)26/h4-16,20,26-27H,3,17-19H2,1-2H3,(H,32,38)(H,36,37)/t20?,27-/m0/s1. The van der Waals surface area contributed by atoms with Gasteiger partial charge in [-0.2, -0.15) is 0 Å². The van der Waals surface area contributed by atoms with Crippen LogP contribution in [0.2, 0.25) is 0 Å². The SMILES string of the molecule is CCN(C(=O)[C@H](CC(=O)OCc1ccccc1)NC(=O)OCC1c2ccccc2-c2ccccc21)C(C)C(=O)O. The number of carbonyl (C=O) groups is 4. The van der Waals surface area contributed by atoms with Crippen LogP contribution in [0.5, 0.6) is 0 Å². The van der Waals surface area contributed by atoms with Gasteiger partial charge in [0, 0.05) is 12.5 Å². The van der Waals surface area contributed by atoms with Gasteiger partial charge in [-0.1, -0.05) is 78.9 Å². The summed E-state index contributed by atoms with van der Waals surface area (Å²) in [4.78, 5) is 51.6. The van der Waals surface area contributed by atoms with Gasteiger partial charge in [-0.3, -0.25) is 9.59 Å². The average Bonchev–Trinajstić information content (AvgIpc) is 3.29.